The summed E-state index contributed by atoms with van der Waals surface area (Å²) in [5.41, 5.74) is 1.97. The highest BCUT2D eigenvalue weighted by Gasteiger charge is 2.40. The van der Waals surface area contributed by atoms with Crippen molar-refractivity contribution in [3.8, 4) is 11.5 Å². The predicted molar refractivity (Wildman–Crippen MR) is 111 cm³/mol. The number of nitrogens with zero attached hydrogens (tertiary/aromatic N) is 4. The van der Waals surface area contributed by atoms with Crippen molar-refractivity contribution in [2.24, 2.45) is 0 Å². The van der Waals surface area contributed by atoms with Gasteiger partial charge in [-0.2, -0.15) is 10.1 Å². The van der Waals surface area contributed by atoms with Gasteiger partial charge >= 0.3 is 0 Å². The van der Waals surface area contributed by atoms with Crippen molar-refractivity contribution in [1.29, 1.82) is 0 Å². The molecule has 2 atom stereocenters. The standard InChI is InChI=1S/C22H24N4O4/c1-28-13-21(27)25-18(15-8-10-16(29-2)11-9-15)12-19(26-22(25)23-14-24-26)17-6-4-5-7-20(17)30-3/h4-11,14,18-19H,12-13H2,1-3H3/t18-,19-/m1/s1. The van der Waals surface area contributed by atoms with Crippen LogP contribution in [-0.2, 0) is 9.53 Å². The third-order valence-electron chi connectivity index (χ3n) is 5.36. The lowest BCUT2D eigenvalue weighted by Crippen LogP contribution is -2.44. The molecule has 8 heteroatoms. The normalized spacial score (nSPS) is 18.0. The summed E-state index contributed by atoms with van der Waals surface area (Å²) >= 11 is 0. The first kappa shape index (κ1) is 19.9. The number of para-hydroxylation sites is 1. The minimum absolute atomic E-state index is 0.0428. The van der Waals surface area contributed by atoms with Crippen LogP contribution in [0.3, 0.4) is 0 Å². The molecule has 3 aromatic rings. The number of fused-ring (bicyclic) bond motifs is 1. The van der Waals surface area contributed by atoms with Crippen LogP contribution in [0.25, 0.3) is 0 Å². The number of carbonyl (C=O) groups excluding carboxylic acids is 1. The van der Waals surface area contributed by atoms with Gasteiger partial charge in [-0.1, -0.05) is 30.3 Å². The molecule has 0 fully saturated rings. The molecule has 0 N–H and O–H groups in total. The van der Waals surface area contributed by atoms with Gasteiger partial charge in [-0.15, -0.1) is 0 Å². The number of hydrogen-bond donors (Lipinski definition) is 0. The number of carbonyl (C=O) groups is 1. The molecule has 4 rings (SSSR count). The Morgan fingerprint density at radius 2 is 1.80 bits per heavy atom. The molecule has 30 heavy (non-hydrogen) atoms. The molecule has 0 saturated carbocycles. The van der Waals surface area contributed by atoms with E-state index >= 15 is 0 Å². The number of aromatic nitrogens is 3. The Morgan fingerprint density at radius 1 is 1.03 bits per heavy atom. The number of amides is 1. The topological polar surface area (TPSA) is 78.7 Å². The van der Waals surface area contributed by atoms with Crippen molar-refractivity contribution >= 4 is 11.9 Å². The van der Waals surface area contributed by atoms with Gasteiger partial charge in [0.15, 0.2) is 0 Å². The fourth-order valence-electron chi connectivity index (χ4n) is 3.98. The summed E-state index contributed by atoms with van der Waals surface area (Å²) in [4.78, 5) is 19.1. The highest BCUT2D eigenvalue weighted by Crippen LogP contribution is 2.44. The van der Waals surface area contributed by atoms with Crippen LogP contribution in [-0.4, -0.2) is 48.6 Å². The van der Waals surface area contributed by atoms with Crippen molar-refractivity contribution in [1.82, 2.24) is 14.8 Å². The highest BCUT2D eigenvalue weighted by molar-refractivity contribution is 5.93. The Morgan fingerprint density at radius 3 is 2.50 bits per heavy atom. The fourth-order valence-corrected chi connectivity index (χ4v) is 3.98. The number of benzene rings is 2. The van der Waals surface area contributed by atoms with Gasteiger partial charge in [0, 0.05) is 12.7 Å². The summed E-state index contributed by atoms with van der Waals surface area (Å²) in [7, 11) is 4.79. The van der Waals surface area contributed by atoms with Crippen LogP contribution in [0.1, 0.15) is 29.6 Å². The first-order valence-electron chi connectivity index (χ1n) is 9.65. The average molecular weight is 408 g/mol. The summed E-state index contributed by atoms with van der Waals surface area (Å²) in [6.07, 6.45) is 2.08. The molecule has 0 unspecified atom stereocenters. The molecule has 0 radical (unpaired) electrons. The first-order chi connectivity index (χ1) is 14.7. The zero-order valence-corrected chi connectivity index (χ0v) is 17.2. The van der Waals surface area contributed by atoms with Crippen molar-refractivity contribution in [2.75, 3.05) is 32.8 Å². The summed E-state index contributed by atoms with van der Waals surface area (Å²) < 4.78 is 17.8. The minimum atomic E-state index is -0.245. The quantitative estimate of drug-likeness (QED) is 0.624. The maximum Gasteiger partial charge on any atom is 0.255 e. The van der Waals surface area contributed by atoms with E-state index in [2.05, 4.69) is 10.1 Å². The molecule has 0 saturated heterocycles. The lowest BCUT2D eigenvalue weighted by molar-refractivity contribution is -0.123. The van der Waals surface area contributed by atoms with Crippen LogP contribution in [0.5, 0.6) is 11.5 Å². The monoisotopic (exact) mass is 408 g/mol. The fraction of sp³-hybridized carbons (Fsp3) is 0.318. The van der Waals surface area contributed by atoms with E-state index < -0.39 is 0 Å². The molecule has 1 amide bonds. The van der Waals surface area contributed by atoms with Crippen LogP contribution >= 0.6 is 0 Å². The second kappa shape index (κ2) is 8.54. The molecule has 2 aromatic carbocycles. The van der Waals surface area contributed by atoms with Crippen molar-refractivity contribution < 1.29 is 19.0 Å². The lowest BCUT2D eigenvalue weighted by Gasteiger charge is -2.39. The molecule has 0 spiro atoms. The Labute approximate surface area is 175 Å². The molecule has 156 valence electrons. The third-order valence-corrected chi connectivity index (χ3v) is 5.36. The number of hydrogen-bond acceptors (Lipinski definition) is 6. The summed E-state index contributed by atoms with van der Waals surface area (Å²) in [5.74, 6) is 1.84. The van der Waals surface area contributed by atoms with Gasteiger partial charge in [-0.05, 0) is 30.2 Å². The van der Waals surface area contributed by atoms with E-state index in [1.807, 2.05) is 48.5 Å². The Hall–Kier alpha value is -3.39. The molecule has 0 aliphatic carbocycles. The maximum atomic E-state index is 13.0. The molecule has 8 nitrogen and oxygen atoms in total. The molecule has 1 aromatic heterocycles. The van der Waals surface area contributed by atoms with Crippen molar-refractivity contribution in [3.63, 3.8) is 0 Å². The molecule has 0 bridgehead atoms. The van der Waals surface area contributed by atoms with Crippen molar-refractivity contribution in [2.45, 2.75) is 18.5 Å². The molecule has 2 heterocycles. The molecule has 1 aliphatic heterocycles. The van der Waals surface area contributed by atoms with Crippen LogP contribution < -0.4 is 14.4 Å². The second-order valence-electron chi connectivity index (χ2n) is 6.98. The molecular formula is C22H24N4O4. The average Bonchev–Trinajstić information content (AvgIpc) is 3.28. The second-order valence-corrected chi connectivity index (χ2v) is 6.98. The summed E-state index contributed by atoms with van der Waals surface area (Å²) in [6.45, 7) is -0.0428. The van der Waals surface area contributed by atoms with E-state index in [4.69, 9.17) is 14.2 Å². The van der Waals surface area contributed by atoms with Crippen molar-refractivity contribution in [3.05, 3.63) is 66.0 Å². The van der Waals surface area contributed by atoms with E-state index in [1.165, 1.54) is 13.4 Å². The Balaban J connectivity index is 1.83. The lowest BCUT2D eigenvalue weighted by atomic mass is 9.91. The number of rotatable bonds is 6. The van der Waals surface area contributed by atoms with Gasteiger partial charge in [0.1, 0.15) is 24.4 Å². The smallest absolute Gasteiger partial charge is 0.255 e. The van der Waals surface area contributed by atoms with Gasteiger partial charge in [-0.25, -0.2) is 4.68 Å². The van der Waals surface area contributed by atoms with Crippen LogP contribution in [0, 0.1) is 0 Å². The molecular weight excluding hydrogens is 384 g/mol. The van der Waals surface area contributed by atoms with Crippen LogP contribution in [0.15, 0.2) is 54.9 Å². The van der Waals surface area contributed by atoms with E-state index in [0.29, 0.717) is 12.4 Å². The zero-order chi connectivity index (χ0) is 21.1. The Kier molecular flexibility index (Phi) is 5.67. The van der Waals surface area contributed by atoms with E-state index in [0.717, 1.165) is 22.6 Å². The van der Waals surface area contributed by atoms with Gasteiger partial charge in [-0.3, -0.25) is 9.69 Å². The van der Waals surface area contributed by atoms with Gasteiger partial charge in [0.25, 0.3) is 5.91 Å². The zero-order valence-electron chi connectivity index (χ0n) is 17.2. The number of methoxy groups -OCH3 is 3. The van der Waals surface area contributed by atoms with E-state index in [-0.39, 0.29) is 24.6 Å². The van der Waals surface area contributed by atoms with E-state index in [9.17, 15) is 4.79 Å². The van der Waals surface area contributed by atoms with Gasteiger partial charge in [0.2, 0.25) is 5.95 Å². The van der Waals surface area contributed by atoms with E-state index in [1.54, 1.807) is 23.8 Å². The number of anilines is 1. The van der Waals surface area contributed by atoms with Gasteiger partial charge in [0.05, 0.1) is 26.3 Å². The third kappa shape index (κ3) is 3.50. The largest absolute Gasteiger partial charge is 0.497 e. The van der Waals surface area contributed by atoms with Crippen LogP contribution in [0.2, 0.25) is 0 Å². The van der Waals surface area contributed by atoms with Crippen LogP contribution in [0.4, 0.5) is 5.95 Å². The number of ether oxygens (including phenoxy) is 3. The SMILES string of the molecule is COCC(=O)N1c2ncnn2[C@@H](c2ccccc2OC)C[C@@H]1c1ccc(OC)cc1. The highest BCUT2D eigenvalue weighted by atomic mass is 16.5. The predicted octanol–water partition coefficient (Wildman–Crippen LogP) is 3.01. The molecule has 1 aliphatic rings. The van der Waals surface area contributed by atoms with Gasteiger partial charge < -0.3 is 14.2 Å². The summed E-state index contributed by atoms with van der Waals surface area (Å²) in [6, 6.07) is 15.2. The minimum Gasteiger partial charge on any atom is -0.497 e. The first-order valence-corrected chi connectivity index (χ1v) is 9.65. The summed E-state index contributed by atoms with van der Waals surface area (Å²) in [5, 5.41) is 4.43. The Bertz CT molecular complexity index is 1020. The maximum absolute atomic E-state index is 13.0.